The van der Waals surface area contributed by atoms with Crippen molar-refractivity contribution >= 4 is 33.4 Å². The number of halogens is 1. The number of carbonyl (C=O) groups is 2. The third-order valence-corrected chi connectivity index (χ3v) is 3.86. The van der Waals surface area contributed by atoms with Gasteiger partial charge in [-0.05, 0) is 36.4 Å². The van der Waals surface area contributed by atoms with Crippen LogP contribution in [-0.2, 0) is 16.1 Å². The van der Waals surface area contributed by atoms with Crippen molar-refractivity contribution in [1.29, 1.82) is 0 Å². The maximum absolute atomic E-state index is 12.4. The Hall–Kier alpha value is -1.92. The molecule has 0 unspecified atom stereocenters. The fourth-order valence-electron chi connectivity index (χ4n) is 2.29. The number of hydrogen-bond donors (Lipinski definition) is 1. The Morgan fingerprint density at radius 3 is 2.67 bits per heavy atom. The van der Waals surface area contributed by atoms with Gasteiger partial charge in [-0.25, -0.2) is 4.90 Å². The molecule has 0 bridgehead atoms. The molecule has 3 rings (SSSR count). The molecule has 1 aliphatic heterocycles. The smallest absolute Gasteiger partial charge is 0.251 e. The van der Waals surface area contributed by atoms with E-state index in [1.807, 2.05) is 6.07 Å². The third kappa shape index (κ3) is 2.91. The van der Waals surface area contributed by atoms with Crippen LogP contribution in [0.1, 0.15) is 12.2 Å². The molecule has 6 heteroatoms. The fourth-order valence-corrected chi connectivity index (χ4v) is 2.55. The van der Waals surface area contributed by atoms with Gasteiger partial charge < -0.3 is 4.42 Å². The first-order chi connectivity index (χ1) is 10.1. The third-order valence-electron chi connectivity index (χ3n) is 3.33. The number of nitrogens with one attached hydrogen (secondary N) is 1. The Morgan fingerprint density at radius 2 is 2.00 bits per heavy atom. The number of anilines is 1. The van der Waals surface area contributed by atoms with E-state index in [4.69, 9.17) is 4.42 Å². The van der Waals surface area contributed by atoms with Gasteiger partial charge in [0.05, 0.1) is 31.0 Å². The molecule has 1 atom stereocenters. The second kappa shape index (κ2) is 5.83. The zero-order valence-corrected chi connectivity index (χ0v) is 12.7. The summed E-state index contributed by atoms with van der Waals surface area (Å²) in [5.74, 6) is 0.311. The van der Waals surface area contributed by atoms with Gasteiger partial charge in [-0.3, -0.25) is 14.9 Å². The summed E-state index contributed by atoms with van der Waals surface area (Å²) in [5, 5.41) is 3.06. The van der Waals surface area contributed by atoms with E-state index in [0.717, 1.165) is 10.2 Å². The van der Waals surface area contributed by atoms with E-state index in [-0.39, 0.29) is 18.2 Å². The van der Waals surface area contributed by atoms with Crippen LogP contribution >= 0.6 is 15.9 Å². The summed E-state index contributed by atoms with van der Waals surface area (Å²) in [7, 11) is 0. The maximum Gasteiger partial charge on any atom is 0.251 e. The molecule has 2 aromatic rings. The first-order valence-electron chi connectivity index (χ1n) is 6.53. The zero-order valence-electron chi connectivity index (χ0n) is 11.1. The SMILES string of the molecule is O=C1C[C@H](NCc2ccco2)C(=O)N1c1ccc(Br)cc1. The molecule has 0 spiro atoms. The van der Waals surface area contributed by atoms with Crippen molar-refractivity contribution in [2.24, 2.45) is 0 Å². The van der Waals surface area contributed by atoms with Crippen molar-refractivity contribution in [1.82, 2.24) is 5.32 Å². The summed E-state index contributed by atoms with van der Waals surface area (Å²) in [5.41, 5.74) is 0.593. The molecule has 1 aliphatic rings. The number of hydrogen-bond acceptors (Lipinski definition) is 4. The molecule has 108 valence electrons. The van der Waals surface area contributed by atoms with E-state index in [1.54, 1.807) is 36.6 Å². The minimum atomic E-state index is -0.508. The topological polar surface area (TPSA) is 62.6 Å². The van der Waals surface area contributed by atoms with Crippen LogP contribution < -0.4 is 10.2 Å². The normalized spacial score (nSPS) is 18.5. The van der Waals surface area contributed by atoms with Crippen molar-refractivity contribution in [2.45, 2.75) is 19.0 Å². The summed E-state index contributed by atoms with van der Waals surface area (Å²) < 4.78 is 6.10. The Labute approximate surface area is 130 Å². The zero-order chi connectivity index (χ0) is 14.8. The number of furan rings is 1. The largest absolute Gasteiger partial charge is 0.468 e. The highest BCUT2D eigenvalue weighted by molar-refractivity contribution is 9.10. The van der Waals surface area contributed by atoms with Crippen LogP contribution in [0.3, 0.4) is 0 Å². The molecule has 2 heterocycles. The lowest BCUT2D eigenvalue weighted by Crippen LogP contribution is -2.38. The minimum Gasteiger partial charge on any atom is -0.468 e. The summed E-state index contributed by atoms with van der Waals surface area (Å²) in [6.45, 7) is 0.421. The summed E-state index contributed by atoms with van der Waals surface area (Å²) in [4.78, 5) is 25.7. The number of carbonyl (C=O) groups excluding carboxylic acids is 2. The number of amides is 2. The van der Waals surface area contributed by atoms with Gasteiger partial charge >= 0.3 is 0 Å². The Balaban J connectivity index is 1.71. The Morgan fingerprint density at radius 1 is 1.24 bits per heavy atom. The number of imide groups is 1. The van der Waals surface area contributed by atoms with Gasteiger partial charge in [0.1, 0.15) is 5.76 Å². The molecule has 1 fully saturated rings. The lowest BCUT2D eigenvalue weighted by molar-refractivity contribution is -0.121. The highest BCUT2D eigenvalue weighted by Gasteiger charge is 2.39. The number of benzene rings is 1. The second-order valence-corrected chi connectivity index (χ2v) is 5.68. The lowest BCUT2D eigenvalue weighted by Gasteiger charge is -2.15. The highest BCUT2D eigenvalue weighted by atomic mass is 79.9. The van der Waals surface area contributed by atoms with Crippen molar-refractivity contribution in [3.63, 3.8) is 0 Å². The van der Waals surface area contributed by atoms with Gasteiger partial charge in [0.25, 0.3) is 5.91 Å². The highest BCUT2D eigenvalue weighted by Crippen LogP contribution is 2.24. The van der Waals surface area contributed by atoms with E-state index in [2.05, 4.69) is 21.2 Å². The van der Waals surface area contributed by atoms with E-state index < -0.39 is 6.04 Å². The molecule has 1 aromatic carbocycles. The van der Waals surface area contributed by atoms with E-state index in [1.165, 1.54) is 4.90 Å². The van der Waals surface area contributed by atoms with Crippen LogP contribution in [-0.4, -0.2) is 17.9 Å². The van der Waals surface area contributed by atoms with Gasteiger partial charge in [-0.15, -0.1) is 0 Å². The predicted octanol–water partition coefficient (Wildman–Crippen LogP) is 2.46. The lowest BCUT2D eigenvalue weighted by atomic mass is 10.2. The maximum atomic E-state index is 12.4. The molecule has 21 heavy (non-hydrogen) atoms. The number of rotatable bonds is 4. The monoisotopic (exact) mass is 348 g/mol. The Bertz CT molecular complexity index is 652. The second-order valence-electron chi connectivity index (χ2n) is 4.76. The standard InChI is InChI=1S/C15H13BrN2O3/c16-10-3-5-11(6-4-10)18-14(19)8-13(15(18)20)17-9-12-2-1-7-21-12/h1-7,13,17H,8-9H2/t13-/m0/s1. The predicted molar refractivity (Wildman–Crippen MR) is 80.6 cm³/mol. The molecule has 2 amide bonds. The first kappa shape index (κ1) is 14.0. The first-order valence-corrected chi connectivity index (χ1v) is 7.32. The average molecular weight is 349 g/mol. The van der Waals surface area contributed by atoms with E-state index in [0.29, 0.717) is 12.2 Å². The molecule has 1 saturated heterocycles. The van der Waals surface area contributed by atoms with Crippen molar-refractivity contribution < 1.29 is 14.0 Å². The summed E-state index contributed by atoms with van der Waals surface area (Å²) in [6, 6.07) is 10.2. The molecular formula is C15H13BrN2O3. The van der Waals surface area contributed by atoms with Crippen LogP contribution in [0.25, 0.3) is 0 Å². The number of nitrogens with zero attached hydrogens (tertiary/aromatic N) is 1. The van der Waals surface area contributed by atoms with Gasteiger partial charge in [-0.1, -0.05) is 15.9 Å². The van der Waals surface area contributed by atoms with Crippen molar-refractivity contribution in [2.75, 3.05) is 4.90 Å². The fraction of sp³-hybridized carbons (Fsp3) is 0.200. The van der Waals surface area contributed by atoms with Crippen LogP contribution in [0.15, 0.2) is 51.6 Å². The minimum absolute atomic E-state index is 0.162. The molecule has 1 N–H and O–H groups in total. The average Bonchev–Trinajstić information content (AvgIpc) is 3.07. The molecular weight excluding hydrogens is 336 g/mol. The van der Waals surface area contributed by atoms with Crippen molar-refractivity contribution in [3.05, 3.63) is 52.9 Å². The van der Waals surface area contributed by atoms with Gasteiger partial charge in [0, 0.05) is 4.47 Å². The van der Waals surface area contributed by atoms with Crippen LogP contribution in [0.5, 0.6) is 0 Å². The van der Waals surface area contributed by atoms with Crippen LogP contribution in [0, 0.1) is 0 Å². The van der Waals surface area contributed by atoms with Gasteiger partial charge in [0.15, 0.2) is 0 Å². The Kier molecular flexibility index (Phi) is 3.90. The molecule has 5 nitrogen and oxygen atoms in total. The van der Waals surface area contributed by atoms with Crippen molar-refractivity contribution in [3.8, 4) is 0 Å². The van der Waals surface area contributed by atoms with E-state index >= 15 is 0 Å². The quantitative estimate of drug-likeness (QED) is 0.862. The van der Waals surface area contributed by atoms with E-state index in [9.17, 15) is 9.59 Å². The molecule has 0 radical (unpaired) electrons. The molecule has 0 saturated carbocycles. The van der Waals surface area contributed by atoms with Crippen LogP contribution in [0.4, 0.5) is 5.69 Å². The summed E-state index contributed by atoms with van der Waals surface area (Å²) in [6.07, 6.45) is 1.74. The van der Waals surface area contributed by atoms with Gasteiger partial charge in [-0.2, -0.15) is 0 Å². The molecule has 1 aromatic heterocycles. The molecule has 0 aliphatic carbocycles. The van der Waals surface area contributed by atoms with Gasteiger partial charge in [0.2, 0.25) is 5.91 Å². The van der Waals surface area contributed by atoms with Crippen LogP contribution in [0.2, 0.25) is 0 Å². The summed E-state index contributed by atoms with van der Waals surface area (Å²) >= 11 is 3.33.